The highest BCUT2D eigenvalue weighted by Crippen LogP contribution is 2.30. The van der Waals surface area contributed by atoms with Crippen molar-refractivity contribution in [2.75, 3.05) is 13.1 Å². The zero-order chi connectivity index (χ0) is 14.9. The minimum absolute atomic E-state index is 0.0568. The maximum Gasteiger partial charge on any atom is 0.256 e. The fourth-order valence-corrected chi connectivity index (χ4v) is 3.06. The van der Waals surface area contributed by atoms with Gasteiger partial charge in [-0.3, -0.25) is 4.79 Å². The average molecular weight is 315 g/mol. The van der Waals surface area contributed by atoms with Crippen molar-refractivity contribution in [1.82, 2.24) is 10.2 Å². The molecule has 110 valence electrons. The summed E-state index contributed by atoms with van der Waals surface area (Å²) in [4.78, 5) is 14.8. The number of hydrogen-bond acceptors (Lipinski definition) is 2. The molecule has 0 aliphatic carbocycles. The Hall–Kier alpha value is -0.770. The molecule has 1 heterocycles. The summed E-state index contributed by atoms with van der Waals surface area (Å²) in [7, 11) is 0. The molecule has 1 aromatic rings. The van der Waals surface area contributed by atoms with Crippen LogP contribution in [0.4, 0.5) is 0 Å². The third-order valence-electron chi connectivity index (χ3n) is 3.52. The largest absolute Gasteiger partial charge is 0.329 e. The highest BCUT2D eigenvalue weighted by Gasteiger charge is 2.36. The number of nitrogens with zero attached hydrogens (tertiary/aromatic N) is 1. The predicted octanol–water partition coefficient (Wildman–Crippen LogP) is 3.60. The van der Waals surface area contributed by atoms with Gasteiger partial charge in [-0.25, -0.2) is 0 Å². The topological polar surface area (TPSA) is 32.3 Å². The van der Waals surface area contributed by atoms with Crippen LogP contribution in [0, 0.1) is 0 Å². The van der Waals surface area contributed by atoms with E-state index in [-0.39, 0.29) is 17.5 Å². The predicted molar refractivity (Wildman–Crippen MR) is 83.7 cm³/mol. The van der Waals surface area contributed by atoms with Gasteiger partial charge in [-0.05, 0) is 45.9 Å². The maximum atomic E-state index is 12.9. The fourth-order valence-electron chi connectivity index (χ4n) is 2.68. The zero-order valence-corrected chi connectivity index (χ0v) is 13.6. The summed E-state index contributed by atoms with van der Waals surface area (Å²) in [6.07, 6.45) is 0.960. The lowest BCUT2D eigenvalue weighted by Crippen LogP contribution is -2.52. The van der Waals surface area contributed by atoms with Crippen molar-refractivity contribution in [1.29, 1.82) is 0 Å². The fraction of sp³-hybridized carbons (Fsp3) is 0.533. The molecular weight excluding hydrogens is 295 g/mol. The van der Waals surface area contributed by atoms with Crippen LogP contribution in [-0.4, -0.2) is 35.5 Å². The number of hydrogen-bond donors (Lipinski definition) is 1. The molecule has 0 saturated carbocycles. The Bertz CT molecular complexity index is 505. The maximum absolute atomic E-state index is 12.9. The van der Waals surface area contributed by atoms with E-state index in [0.29, 0.717) is 15.6 Å². The Labute approximate surface area is 130 Å². The molecule has 1 saturated heterocycles. The Morgan fingerprint density at radius 2 is 2.05 bits per heavy atom. The Balaban J connectivity index is 2.38. The molecular formula is C15H20Cl2N2O. The molecule has 1 aliphatic rings. The van der Waals surface area contributed by atoms with Gasteiger partial charge in [-0.2, -0.15) is 0 Å². The minimum Gasteiger partial charge on any atom is -0.329 e. The molecule has 1 atom stereocenters. The first-order valence-electron chi connectivity index (χ1n) is 6.81. The lowest BCUT2D eigenvalue weighted by Gasteiger charge is -2.40. The van der Waals surface area contributed by atoms with Gasteiger partial charge in [0.2, 0.25) is 0 Å². The molecule has 1 unspecified atom stereocenters. The molecule has 5 heteroatoms. The van der Waals surface area contributed by atoms with Crippen LogP contribution in [0.5, 0.6) is 0 Å². The van der Waals surface area contributed by atoms with Gasteiger partial charge in [0.25, 0.3) is 5.91 Å². The number of carbonyl (C=O) groups is 1. The summed E-state index contributed by atoms with van der Waals surface area (Å²) in [5, 5.41) is 4.05. The van der Waals surface area contributed by atoms with Crippen molar-refractivity contribution in [2.24, 2.45) is 0 Å². The SMILES string of the molecule is CC(C)(C)N(C(=O)c1cccc(Cl)c1Cl)C1CCNC1. The van der Waals surface area contributed by atoms with Gasteiger partial charge in [-0.1, -0.05) is 29.3 Å². The quantitative estimate of drug-likeness (QED) is 0.904. The van der Waals surface area contributed by atoms with Gasteiger partial charge in [-0.15, -0.1) is 0 Å². The molecule has 1 amide bonds. The van der Waals surface area contributed by atoms with E-state index >= 15 is 0 Å². The standard InChI is InChI=1S/C15H20Cl2N2O/c1-15(2,3)19(10-7-8-18-9-10)14(20)11-5-4-6-12(16)13(11)17/h4-6,10,18H,7-9H2,1-3H3. The third kappa shape index (κ3) is 3.11. The summed E-state index contributed by atoms with van der Waals surface area (Å²) in [6, 6.07) is 5.38. The molecule has 1 N–H and O–H groups in total. The third-order valence-corrected chi connectivity index (χ3v) is 4.34. The first kappa shape index (κ1) is 15.6. The monoisotopic (exact) mass is 314 g/mol. The van der Waals surface area contributed by atoms with E-state index in [1.165, 1.54) is 0 Å². The van der Waals surface area contributed by atoms with E-state index in [1.807, 2.05) is 25.7 Å². The van der Waals surface area contributed by atoms with E-state index in [0.717, 1.165) is 19.5 Å². The Morgan fingerprint density at radius 3 is 2.60 bits per heavy atom. The van der Waals surface area contributed by atoms with Crippen LogP contribution in [-0.2, 0) is 0 Å². The van der Waals surface area contributed by atoms with E-state index in [4.69, 9.17) is 23.2 Å². The van der Waals surface area contributed by atoms with E-state index in [2.05, 4.69) is 5.32 Å². The van der Waals surface area contributed by atoms with Crippen molar-refractivity contribution in [3.05, 3.63) is 33.8 Å². The normalized spacial score (nSPS) is 19.1. The van der Waals surface area contributed by atoms with Gasteiger partial charge >= 0.3 is 0 Å². The van der Waals surface area contributed by atoms with Crippen molar-refractivity contribution < 1.29 is 4.79 Å². The van der Waals surface area contributed by atoms with Crippen LogP contribution >= 0.6 is 23.2 Å². The van der Waals surface area contributed by atoms with Crippen LogP contribution in [0.15, 0.2) is 18.2 Å². The number of nitrogens with one attached hydrogen (secondary N) is 1. The van der Waals surface area contributed by atoms with E-state index in [9.17, 15) is 4.79 Å². The van der Waals surface area contributed by atoms with Crippen LogP contribution < -0.4 is 5.32 Å². The van der Waals surface area contributed by atoms with Gasteiger partial charge < -0.3 is 10.2 Å². The molecule has 1 fully saturated rings. The first-order chi connectivity index (χ1) is 9.32. The Kier molecular flexibility index (Phi) is 4.62. The van der Waals surface area contributed by atoms with Gasteiger partial charge in [0.1, 0.15) is 0 Å². The first-order valence-corrected chi connectivity index (χ1v) is 7.56. The van der Waals surface area contributed by atoms with Gasteiger partial charge in [0.15, 0.2) is 0 Å². The van der Waals surface area contributed by atoms with Crippen molar-refractivity contribution in [3.63, 3.8) is 0 Å². The smallest absolute Gasteiger partial charge is 0.256 e. The second kappa shape index (κ2) is 5.92. The average Bonchev–Trinajstić information content (AvgIpc) is 2.84. The van der Waals surface area contributed by atoms with Crippen LogP contribution in [0.25, 0.3) is 0 Å². The molecule has 1 aromatic carbocycles. The summed E-state index contributed by atoms with van der Waals surface area (Å²) < 4.78 is 0. The molecule has 0 radical (unpaired) electrons. The second-order valence-electron chi connectivity index (χ2n) is 6.09. The molecule has 3 nitrogen and oxygen atoms in total. The highest BCUT2D eigenvalue weighted by molar-refractivity contribution is 6.43. The van der Waals surface area contributed by atoms with Crippen molar-refractivity contribution in [2.45, 2.75) is 38.8 Å². The minimum atomic E-state index is -0.264. The lowest BCUT2D eigenvalue weighted by molar-refractivity contribution is 0.0465. The summed E-state index contributed by atoms with van der Waals surface area (Å²) in [6.45, 7) is 7.89. The summed E-state index contributed by atoms with van der Waals surface area (Å²) in [5.74, 6) is -0.0568. The highest BCUT2D eigenvalue weighted by atomic mass is 35.5. The van der Waals surface area contributed by atoms with E-state index in [1.54, 1.807) is 18.2 Å². The molecule has 0 aromatic heterocycles. The number of amides is 1. The van der Waals surface area contributed by atoms with Crippen LogP contribution in [0.1, 0.15) is 37.6 Å². The molecule has 2 rings (SSSR count). The Morgan fingerprint density at radius 1 is 1.35 bits per heavy atom. The molecule has 1 aliphatic heterocycles. The van der Waals surface area contributed by atoms with E-state index < -0.39 is 0 Å². The number of halogens is 2. The summed E-state index contributed by atoms with van der Waals surface area (Å²) >= 11 is 12.2. The number of carbonyl (C=O) groups excluding carboxylic acids is 1. The van der Waals surface area contributed by atoms with Gasteiger partial charge in [0, 0.05) is 18.1 Å². The molecule has 0 spiro atoms. The van der Waals surface area contributed by atoms with Crippen LogP contribution in [0.3, 0.4) is 0 Å². The molecule has 20 heavy (non-hydrogen) atoms. The van der Waals surface area contributed by atoms with Crippen LogP contribution in [0.2, 0.25) is 10.0 Å². The number of rotatable bonds is 2. The van der Waals surface area contributed by atoms with Gasteiger partial charge in [0.05, 0.1) is 15.6 Å². The lowest BCUT2D eigenvalue weighted by atomic mass is 10.00. The van der Waals surface area contributed by atoms with Crippen molar-refractivity contribution in [3.8, 4) is 0 Å². The zero-order valence-electron chi connectivity index (χ0n) is 12.0. The molecule has 0 bridgehead atoms. The number of benzene rings is 1. The summed E-state index contributed by atoms with van der Waals surface area (Å²) in [5.41, 5.74) is 0.209. The second-order valence-corrected chi connectivity index (χ2v) is 6.88. The van der Waals surface area contributed by atoms with Crippen molar-refractivity contribution >= 4 is 29.1 Å².